The van der Waals surface area contributed by atoms with Crippen LogP contribution in [-0.4, -0.2) is 60.8 Å². The van der Waals surface area contributed by atoms with E-state index in [1.165, 1.54) is 11.1 Å². The standard InChI is InChI=1S/C27H26ClN3O3/c28-22-12-10-21(11-13-22)25(20-6-2-1-3-7-20)30-16-14-29(15-17-30)18-19-34-31-24-9-5-4-8-23(24)26(32)27(31)33/h1-13,25H,14-19H2. The number of carbonyl (C=O) groups excluding carboxylic acids is 2. The Morgan fingerprint density at radius 2 is 1.44 bits per heavy atom. The lowest BCUT2D eigenvalue weighted by Crippen LogP contribution is -2.49. The first-order chi connectivity index (χ1) is 16.6. The third-order valence-corrected chi connectivity index (χ3v) is 6.70. The Balaban J connectivity index is 1.19. The molecule has 1 saturated heterocycles. The van der Waals surface area contributed by atoms with Crippen molar-refractivity contribution in [2.75, 3.05) is 44.4 Å². The summed E-state index contributed by atoms with van der Waals surface area (Å²) in [6.45, 7) is 4.63. The molecular formula is C27H26ClN3O3. The van der Waals surface area contributed by atoms with Crippen LogP contribution in [0.3, 0.4) is 0 Å². The topological polar surface area (TPSA) is 53.1 Å². The van der Waals surface area contributed by atoms with E-state index in [0.29, 0.717) is 24.4 Å². The molecule has 1 unspecified atom stereocenters. The number of amides is 1. The molecule has 1 amide bonds. The fraction of sp³-hybridized carbons (Fsp3) is 0.259. The van der Waals surface area contributed by atoms with E-state index in [1.54, 1.807) is 24.3 Å². The van der Waals surface area contributed by atoms with Crippen molar-refractivity contribution < 1.29 is 14.4 Å². The average molecular weight is 476 g/mol. The highest BCUT2D eigenvalue weighted by Gasteiger charge is 2.36. The number of hydrogen-bond donors (Lipinski definition) is 0. The Hall–Kier alpha value is -3.03. The van der Waals surface area contributed by atoms with Crippen LogP contribution in [0, 0.1) is 0 Å². The van der Waals surface area contributed by atoms with Crippen LogP contribution in [0.2, 0.25) is 5.02 Å². The summed E-state index contributed by atoms with van der Waals surface area (Å²) in [4.78, 5) is 35.0. The highest BCUT2D eigenvalue weighted by molar-refractivity contribution is 6.51. The first kappa shape index (κ1) is 22.7. The summed E-state index contributed by atoms with van der Waals surface area (Å²) in [7, 11) is 0. The number of benzene rings is 3. The number of para-hydroxylation sites is 1. The number of anilines is 1. The lowest BCUT2D eigenvalue weighted by Gasteiger charge is -2.39. The largest absolute Gasteiger partial charge is 0.323 e. The third-order valence-electron chi connectivity index (χ3n) is 6.45. The Morgan fingerprint density at radius 3 is 2.18 bits per heavy atom. The number of halogens is 1. The van der Waals surface area contributed by atoms with Crippen LogP contribution in [0.15, 0.2) is 78.9 Å². The number of hydrogen-bond acceptors (Lipinski definition) is 5. The van der Waals surface area contributed by atoms with Gasteiger partial charge in [0.05, 0.1) is 23.9 Å². The zero-order valence-corrected chi connectivity index (χ0v) is 19.5. The molecule has 174 valence electrons. The fourth-order valence-electron chi connectivity index (χ4n) is 4.69. The summed E-state index contributed by atoms with van der Waals surface area (Å²) >= 11 is 6.13. The van der Waals surface area contributed by atoms with Gasteiger partial charge in [0.2, 0.25) is 0 Å². The third kappa shape index (κ3) is 4.63. The van der Waals surface area contributed by atoms with Crippen molar-refractivity contribution in [3.8, 4) is 0 Å². The second kappa shape index (κ2) is 10.1. The number of ketones is 1. The summed E-state index contributed by atoms with van der Waals surface area (Å²) in [5.74, 6) is -1.14. The molecule has 0 bridgehead atoms. The van der Waals surface area contributed by atoms with Crippen LogP contribution < -0.4 is 5.06 Å². The van der Waals surface area contributed by atoms with Crippen molar-refractivity contribution in [2.24, 2.45) is 0 Å². The van der Waals surface area contributed by atoms with Crippen LogP contribution in [0.5, 0.6) is 0 Å². The molecule has 7 heteroatoms. The maximum atomic E-state index is 12.3. The van der Waals surface area contributed by atoms with Crippen molar-refractivity contribution in [1.82, 2.24) is 9.80 Å². The summed E-state index contributed by atoms with van der Waals surface area (Å²) in [5.41, 5.74) is 3.41. The van der Waals surface area contributed by atoms with Gasteiger partial charge in [-0.25, -0.2) is 0 Å². The summed E-state index contributed by atoms with van der Waals surface area (Å²) < 4.78 is 0. The lowest BCUT2D eigenvalue weighted by molar-refractivity contribution is -0.121. The van der Waals surface area contributed by atoms with Crippen LogP contribution in [0.1, 0.15) is 27.5 Å². The molecule has 3 aromatic rings. The maximum absolute atomic E-state index is 12.3. The Labute approximate surface area is 204 Å². The minimum atomic E-state index is -0.625. The van der Waals surface area contributed by atoms with E-state index in [4.69, 9.17) is 16.4 Å². The van der Waals surface area contributed by atoms with Gasteiger partial charge in [-0.2, -0.15) is 5.06 Å². The predicted molar refractivity (Wildman–Crippen MR) is 132 cm³/mol. The molecule has 2 heterocycles. The van der Waals surface area contributed by atoms with E-state index in [2.05, 4.69) is 46.2 Å². The molecular weight excluding hydrogens is 450 g/mol. The number of carbonyl (C=O) groups is 2. The normalized spacial score (nSPS) is 17.7. The van der Waals surface area contributed by atoms with E-state index in [-0.39, 0.29) is 6.04 Å². The highest BCUT2D eigenvalue weighted by atomic mass is 35.5. The molecule has 0 saturated carbocycles. The monoisotopic (exact) mass is 475 g/mol. The quantitative estimate of drug-likeness (QED) is 0.479. The van der Waals surface area contributed by atoms with Gasteiger partial charge in [0.15, 0.2) is 0 Å². The molecule has 1 fully saturated rings. The number of hydroxylamine groups is 1. The fourth-order valence-corrected chi connectivity index (χ4v) is 4.81. The second-order valence-corrected chi connectivity index (χ2v) is 8.96. The van der Waals surface area contributed by atoms with Gasteiger partial charge in [-0.3, -0.25) is 24.2 Å². The summed E-state index contributed by atoms with van der Waals surface area (Å²) in [5, 5.41) is 1.88. The van der Waals surface area contributed by atoms with Gasteiger partial charge in [0, 0.05) is 37.7 Å². The molecule has 3 aromatic carbocycles. The van der Waals surface area contributed by atoms with E-state index in [0.717, 1.165) is 36.3 Å². The first-order valence-corrected chi connectivity index (χ1v) is 11.9. The zero-order chi connectivity index (χ0) is 23.5. The minimum Gasteiger partial charge on any atom is -0.298 e. The highest BCUT2D eigenvalue weighted by Crippen LogP contribution is 2.31. The van der Waals surface area contributed by atoms with E-state index in [1.807, 2.05) is 18.2 Å². The molecule has 2 aliphatic heterocycles. The average Bonchev–Trinajstić information content (AvgIpc) is 3.12. The number of nitrogens with zero attached hydrogens (tertiary/aromatic N) is 3. The van der Waals surface area contributed by atoms with Gasteiger partial charge in [-0.05, 0) is 35.4 Å². The summed E-state index contributed by atoms with van der Waals surface area (Å²) in [6, 6.07) is 25.7. The number of piperazine rings is 1. The molecule has 2 aliphatic rings. The van der Waals surface area contributed by atoms with E-state index < -0.39 is 11.7 Å². The van der Waals surface area contributed by atoms with Gasteiger partial charge in [0.25, 0.3) is 5.78 Å². The van der Waals surface area contributed by atoms with Gasteiger partial charge in [-0.1, -0.05) is 66.2 Å². The van der Waals surface area contributed by atoms with Gasteiger partial charge in [0.1, 0.15) is 0 Å². The number of Topliss-reactive ketones (excluding diaryl/α,β-unsaturated/α-hetero) is 1. The van der Waals surface area contributed by atoms with Crippen LogP contribution in [-0.2, 0) is 9.63 Å². The Bertz CT molecular complexity index is 1160. The van der Waals surface area contributed by atoms with Crippen LogP contribution in [0.4, 0.5) is 5.69 Å². The van der Waals surface area contributed by atoms with Crippen LogP contribution in [0.25, 0.3) is 0 Å². The van der Waals surface area contributed by atoms with E-state index in [9.17, 15) is 9.59 Å². The van der Waals surface area contributed by atoms with Crippen molar-refractivity contribution in [2.45, 2.75) is 6.04 Å². The summed E-state index contributed by atoms with van der Waals surface area (Å²) in [6.07, 6.45) is 0. The smallest absolute Gasteiger partial charge is 0.298 e. The molecule has 0 aliphatic carbocycles. The van der Waals surface area contributed by atoms with Crippen molar-refractivity contribution in [3.63, 3.8) is 0 Å². The van der Waals surface area contributed by atoms with Crippen molar-refractivity contribution >= 4 is 29.0 Å². The van der Waals surface area contributed by atoms with Gasteiger partial charge >= 0.3 is 5.91 Å². The van der Waals surface area contributed by atoms with E-state index >= 15 is 0 Å². The second-order valence-electron chi connectivity index (χ2n) is 8.52. The first-order valence-electron chi connectivity index (χ1n) is 11.5. The number of rotatable bonds is 7. The molecule has 0 N–H and O–H groups in total. The van der Waals surface area contributed by atoms with Crippen molar-refractivity contribution in [3.05, 3.63) is 101 Å². The maximum Gasteiger partial charge on any atom is 0.323 e. The van der Waals surface area contributed by atoms with Gasteiger partial charge < -0.3 is 0 Å². The predicted octanol–water partition coefficient (Wildman–Crippen LogP) is 4.21. The molecule has 1 atom stereocenters. The van der Waals surface area contributed by atoms with Gasteiger partial charge in [-0.15, -0.1) is 0 Å². The molecule has 6 nitrogen and oxygen atoms in total. The lowest BCUT2D eigenvalue weighted by atomic mass is 9.96. The Morgan fingerprint density at radius 1 is 0.794 bits per heavy atom. The minimum absolute atomic E-state index is 0.168. The zero-order valence-electron chi connectivity index (χ0n) is 18.8. The molecule has 34 heavy (non-hydrogen) atoms. The van der Waals surface area contributed by atoms with Crippen molar-refractivity contribution in [1.29, 1.82) is 0 Å². The molecule has 5 rings (SSSR count). The molecule has 0 radical (unpaired) electrons. The molecule has 0 aromatic heterocycles. The molecule has 0 spiro atoms. The number of fused-ring (bicyclic) bond motifs is 1. The van der Waals surface area contributed by atoms with Crippen LogP contribution >= 0.6 is 11.6 Å². The Kier molecular flexibility index (Phi) is 6.74. The SMILES string of the molecule is O=C1C(=O)N(OCCN2CCN(C(c3ccccc3)c3ccc(Cl)cc3)CC2)c2ccccc21.